The van der Waals surface area contributed by atoms with Crippen molar-refractivity contribution in [1.29, 1.82) is 0 Å². The highest BCUT2D eigenvalue weighted by Crippen LogP contribution is 2.45. The van der Waals surface area contributed by atoms with Gasteiger partial charge in [0.25, 0.3) is 0 Å². The second kappa shape index (κ2) is 8.27. The lowest BCUT2D eigenvalue weighted by Crippen LogP contribution is -2.46. The third-order valence-electron chi connectivity index (χ3n) is 7.48. The summed E-state index contributed by atoms with van der Waals surface area (Å²) < 4.78 is 6.89. The van der Waals surface area contributed by atoms with E-state index in [-0.39, 0.29) is 6.09 Å². The molecule has 1 amide bonds. The Morgan fingerprint density at radius 2 is 1.91 bits per heavy atom. The molecular weight excluding hydrogens is 446 g/mol. The molecule has 1 aromatic carbocycles. The van der Waals surface area contributed by atoms with Crippen molar-refractivity contribution in [3.05, 3.63) is 41.9 Å². The number of benzene rings is 1. The number of hydrogen-bond donors (Lipinski definition) is 0. The normalized spacial score (nSPS) is 27.1. The van der Waals surface area contributed by atoms with Crippen LogP contribution in [-0.4, -0.2) is 68.2 Å². The van der Waals surface area contributed by atoms with Crippen molar-refractivity contribution < 1.29 is 9.53 Å². The summed E-state index contributed by atoms with van der Waals surface area (Å²) in [5.74, 6) is 1.11. The summed E-state index contributed by atoms with van der Waals surface area (Å²) in [6.07, 6.45) is 8.51. The quantitative estimate of drug-likeness (QED) is 0.532. The Bertz CT molecular complexity index is 1200. The van der Waals surface area contributed by atoms with Gasteiger partial charge in [0.1, 0.15) is 11.9 Å². The van der Waals surface area contributed by atoms with Crippen molar-refractivity contribution in [2.24, 2.45) is 5.92 Å². The average molecular weight is 478 g/mol. The van der Waals surface area contributed by atoms with Crippen LogP contribution in [0.5, 0.6) is 0 Å². The molecule has 1 saturated carbocycles. The van der Waals surface area contributed by atoms with E-state index in [1.165, 1.54) is 9.71 Å². The van der Waals surface area contributed by atoms with Crippen molar-refractivity contribution in [3.8, 4) is 11.1 Å². The van der Waals surface area contributed by atoms with Gasteiger partial charge in [0.2, 0.25) is 0 Å². The van der Waals surface area contributed by atoms with Crippen LogP contribution in [0.25, 0.3) is 21.3 Å². The number of carbonyl (C=O) groups excluding carboxylic acids is 1. The minimum atomic E-state index is -0.443. The number of fused-ring (bicyclic) bond motifs is 2. The Morgan fingerprint density at radius 3 is 2.68 bits per heavy atom. The van der Waals surface area contributed by atoms with Crippen LogP contribution >= 0.6 is 11.3 Å². The summed E-state index contributed by atoms with van der Waals surface area (Å²) in [5, 5.41) is 1.25. The molecule has 178 valence electrons. The molecule has 3 aromatic rings. The van der Waals surface area contributed by atoms with Gasteiger partial charge in [0.15, 0.2) is 0 Å². The lowest BCUT2D eigenvalue weighted by molar-refractivity contribution is 0.0204. The smallest absolute Gasteiger partial charge is 0.410 e. The van der Waals surface area contributed by atoms with E-state index in [0.29, 0.717) is 23.9 Å². The molecule has 0 bridgehead atoms. The van der Waals surface area contributed by atoms with Gasteiger partial charge in [-0.05, 0) is 63.6 Å². The fourth-order valence-electron chi connectivity index (χ4n) is 5.67. The first kappa shape index (κ1) is 21.9. The van der Waals surface area contributed by atoms with E-state index in [1.54, 1.807) is 6.33 Å². The predicted molar refractivity (Wildman–Crippen MR) is 133 cm³/mol. The van der Waals surface area contributed by atoms with Crippen LogP contribution in [0.4, 0.5) is 4.79 Å². The number of aromatic nitrogens is 3. The molecule has 8 heteroatoms. The van der Waals surface area contributed by atoms with E-state index in [0.717, 1.165) is 55.5 Å². The van der Waals surface area contributed by atoms with Gasteiger partial charge in [-0.2, -0.15) is 0 Å². The summed E-state index contributed by atoms with van der Waals surface area (Å²) in [7, 11) is 0. The molecule has 0 spiro atoms. The molecule has 1 aliphatic carbocycles. The second-order valence-electron chi connectivity index (χ2n) is 10.9. The molecule has 4 heterocycles. The van der Waals surface area contributed by atoms with E-state index in [1.807, 2.05) is 49.4 Å². The minimum Gasteiger partial charge on any atom is -0.444 e. The summed E-state index contributed by atoms with van der Waals surface area (Å²) >= 11 is 1.82. The summed E-state index contributed by atoms with van der Waals surface area (Å²) in [5.41, 5.74) is 2.80. The fourth-order valence-corrected chi connectivity index (χ4v) is 6.80. The predicted octanol–water partition coefficient (Wildman–Crippen LogP) is 4.94. The zero-order valence-corrected chi connectivity index (χ0v) is 20.8. The Balaban J connectivity index is 1.09. The molecule has 34 heavy (non-hydrogen) atoms. The van der Waals surface area contributed by atoms with E-state index >= 15 is 0 Å². The molecule has 2 aromatic heterocycles. The van der Waals surface area contributed by atoms with Gasteiger partial charge in [-0.15, -0.1) is 11.3 Å². The average Bonchev–Trinajstić information content (AvgIpc) is 3.45. The first-order valence-electron chi connectivity index (χ1n) is 12.2. The first-order valence-corrected chi connectivity index (χ1v) is 13.1. The van der Waals surface area contributed by atoms with Gasteiger partial charge < -0.3 is 9.64 Å². The Labute approximate surface area is 204 Å². The second-order valence-corrected chi connectivity index (χ2v) is 12.0. The summed E-state index contributed by atoms with van der Waals surface area (Å²) in [6, 6.07) is 7.32. The minimum absolute atomic E-state index is 0.149. The maximum atomic E-state index is 12.7. The van der Waals surface area contributed by atoms with Crippen LogP contribution in [0.1, 0.15) is 51.0 Å². The third kappa shape index (κ3) is 4.07. The summed E-state index contributed by atoms with van der Waals surface area (Å²) in [6.45, 7) is 8.72. The molecule has 3 aliphatic rings. The zero-order valence-electron chi connectivity index (χ0n) is 20.0. The van der Waals surface area contributed by atoms with Crippen molar-refractivity contribution in [1.82, 2.24) is 24.8 Å². The van der Waals surface area contributed by atoms with Gasteiger partial charge >= 0.3 is 6.09 Å². The fraction of sp³-hybridized carbons (Fsp3) is 0.538. The number of thiazole rings is 1. The number of likely N-dealkylation sites (tertiary alicyclic amines) is 2. The zero-order chi connectivity index (χ0) is 23.4. The van der Waals surface area contributed by atoms with Crippen LogP contribution in [0.3, 0.4) is 0 Å². The van der Waals surface area contributed by atoms with E-state index < -0.39 is 5.60 Å². The van der Waals surface area contributed by atoms with Crippen LogP contribution in [0.15, 0.2) is 36.9 Å². The third-order valence-corrected chi connectivity index (χ3v) is 8.66. The van der Waals surface area contributed by atoms with E-state index in [2.05, 4.69) is 33.1 Å². The number of ether oxygens (including phenoxy) is 1. The molecule has 3 fully saturated rings. The van der Waals surface area contributed by atoms with Gasteiger partial charge in [-0.1, -0.05) is 6.07 Å². The molecule has 2 unspecified atom stereocenters. The maximum absolute atomic E-state index is 12.7. The maximum Gasteiger partial charge on any atom is 0.410 e. The van der Waals surface area contributed by atoms with Crippen molar-refractivity contribution in [2.75, 3.05) is 19.6 Å². The number of amides is 1. The molecule has 0 radical (unpaired) electrons. The van der Waals surface area contributed by atoms with Crippen LogP contribution in [0.2, 0.25) is 0 Å². The molecular formula is C26H31N5O2S. The summed E-state index contributed by atoms with van der Waals surface area (Å²) in [4.78, 5) is 30.5. The van der Waals surface area contributed by atoms with Gasteiger partial charge in [-0.3, -0.25) is 4.90 Å². The topological polar surface area (TPSA) is 71.5 Å². The van der Waals surface area contributed by atoms with Gasteiger partial charge in [0.05, 0.1) is 21.3 Å². The number of rotatable bonds is 3. The van der Waals surface area contributed by atoms with Gasteiger partial charge in [-0.25, -0.2) is 19.7 Å². The Kier molecular flexibility index (Phi) is 5.33. The molecule has 2 aliphatic heterocycles. The van der Waals surface area contributed by atoms with Crippen molar-refractivity contribution >= 4 is 27.6 Å². The molecule has 6 rings (SSSR count). The van der Waals surface area contributed by atoms with Crippen molar-refractivity contribution in [2.45, 2.75) is 63.6 Å². The lowest BCUT2D eigenvalue weighted by Gasteiger charge is -2.41. The number of nitrogens with zero attached hydrogens (tertiary/aromatic N) is 5. The molecule has 7 nitrogen and oxygen atoms in total. The highest BCUT2D eigenvalue weighted by Gasteiger charge is 2.48. The van der Waals surface area contributed by atoms with Crippen molar-refractivity contribution in [3.63, 3.8) is 0 Å². The molecule has 2 saturated heterocycles. The van der Waals surface area contributed by atoms with Crippen LogP contribution in [-0.2, 0) is 4.74 Å². The largest absolute Gasteiger partial charge is 0.444 e. The highest BCUT2D eigenvalue weighted by molar-refractivity contribution is 7.18. The van der Waals surface area contributed by atoms with E-state index in [4.69, 9.17) is 9.72 Å². The highest BCUT2D eigenvalue weighted by atomic mass is 32.1. The lowest BCUT2D eigenvalue weighted by atomic mass is 9.80. The standard InChI is InChI=1S/C26H31N5O2S/c1-26(2,3)33-25(32)31-7-6-17-13-30(14-22(17)31)20-8-18(9-20)24-29-21-5-4-16(10-23(21)34-24)19-11-27-15-28-12-19/h4-5,10-12,15,17-18,20,22H,6-9,13-14H2,1-3H3/t17?,18-,20-,22?. The molecule has 2 atom stereocenters. The SMILES string of the molecule is CC(C)(C)OC(=O)N1CCC2CN([C@H]3C[C@H](c4nc5ccc(-c6cncnc6)cc5s4)C3)CC21. The Morgan fingerprint density at radius 1 is 1.12 bits per heavy atom. The molecule has 0 N–H and O–H groups in total. The van der Waals surface area contributed by atoms with Crippen LogP contribution < -0.4 is 0 Å². The van der Waals surface area contributed by atoms with Crippen LogP contribution in [0, 0.1) is 5.92 Å². The Hall–Kier alpha value is -2.58. The van der Waals surface area contributed by atoms with E-state index in [9.17, 15) is 4.79 Å². The van der Waals surface area contributed by atoms with Gasteiger partial charge in [0, 0.05) is 49.6 Å². The number of carbonyl (C=O) groups is 1. The monoisotopic (exact) mass is 477 g/mol. The number of hydrogen-bond acceptors (Lipinski definition) is 7. The first-order chi connectivity index (χ1) is 16.3.